The van der Waals surface area contributed by atoms with Crippen molar-refractivity contribution in [3.05, 3.63) is 17.0 Å². The molecule has 8 nitrogen and oxygen atoms in total. The summed E-state index contributed by atoms with van der Waals surface area (Å²) in [5, 5.41) is 6.62. The number of hydrogen-bond donors (Lipinski definition) is 1. The maximum Gasteiger partial charge on any atom is 0.256 e. The second-order valence-electron chi connectivity index (χ2n) is 6.80. The van der Waals surface area contributed by atoms with Crippen molar-refractivity contribution in [3.63, 3.8) is 0 Å². The maximum atomic E-state index is 12.4. The van der Waals surface area contributed by atoms with E-state index in [9.17, 15) is 13.2 Å². The van der Waals surface area contributed by atoms with Crippen LogP contribution in [0.4, 0.5) is 0 Å². The third kappa shape index (κ3) is 4.34. The molecular formula is C15H25N3O5S. The van der Waals surface area contributed by atoms with E-state index in [1.165, 1.54) is 4.31 Å². The first-order valence-corrected chi connectivity index (χ1v) is 9.54. The summed E-state index contributed by atoms with van der Waals surface area (Å²) in [7, 11) is -3.40. The van der Waals surface area contributed by atoms with Gasteiger partial charge < -0.3 is 14.6 Å². The number of carbonyl (C=O) groups excluding carboxylic acids is 1. The Hall–Kier alpha value is -1.45. The molecule has 0 radical (unpaired) electrons. The molecule has 1 aromatic heterocycles. The largest absolute Gasteiger partial charge is 0.379 e. The molecule has 24 heavy (non-hydrogen) atoms. The van der Waals surface area contributed by atoms with E-state index in [4.69, 9.17) is 9.26 Å². The Bertz CT molecular complexity index is 684. The van der Waals surface area contributed by atoms with Crippen LogP contribution in [0, 0.1) is 6.92 Å². The lowest BCUT2D eigenvalue weighted by atomic mass is 9.88. The predicted molar refractivity (Wildman–Crippen MR) is 88.5 cm³/mol. The van der Waals surface area contributed by atoms with Crippen LogP contribution >= 0.6 is 0 Å². The lowest BCUT2D eigenvalue weighted by Crippen LogP contribution is -2.43. The SMILES string of the molecule is Cc1onc(C(C)(C)C)c1C(=O)NCCS(=O)(=O)N1CCOCC1. The molecule has 136 valence electrons. The van der Waals surface area contributed by atoms with Crippen molar-refractivity contribution in [2.75, 3.05) is 38.6 Å². The van der Waals surface area contributed by atoms with Gasteiger partial charge in [0.2, 0.25) is 10.0 Å². The Balaban J connectivity index is 1.98. The van der Waals surface area contributed by atoms with Crippen molar-refractivity contribution < 1.29 is 22.5 Å². The monoisotopic (exact) mass is 359 g/mol. The minimum atomic E-state index is -3.40. The normalized spacial score (nSPS) is 17.0. The Labute approximate surface area is 142 Å². The Morgan fingerprint density at radius 3 is 2.50 bits per heavy atom. The summed E-state index contributed by atoms with van der Waals surface area (Å²) in [6, 6.07) is 0. The van der Waals surface area contributed by atoms with Gasteiger partial charge in [-0.2, -0.15) is 4.31 Å². The summed E-state index contributed by atoms with van der Waals surface area (Å²) < 4.78 is 36.2. The average molecular weight is 359 g/mol. The van der Waals surface area contributed by atoms with Crippen LogP contribution < -0.4 is 5.32 Å². The van der Waals surface area contributed by atoms with Gasteiger partial charge in [0.25, 0.3) is 5.91 Å². The van der Waals surface area contributed by atoms with E-state index < -0.39 is 10.0 Å². The van der Waals surface area contributed by atoms with Crippen LogP contribution in [0.3, 0.4) is 0 Å². The summed E-state index contributed by atoms with van der Waals surface area (Å²) in [5.41, 5.74) is 0.601. The van der Waals surface area contributed by atoms with Crippen molar-refractivity contribution in [2.45, 2.75) is 33.1 Å². The second-order valence-corrected chi connectivity index (χ2v) is 8.88. The molecule has 2 rings (SSSR count). The van der Waals surface area contributed by atoms with Gasteiger partial charge in [0.05, 0.1) is 19.0 Å². The number of aryl methyl sites for hydroxylation is 1. The van der Waals surface area contributed by atoms with Gasteiger partial charge >= 0.3 is 0 Å². The standard InChI is InChI=1S/C15H25N3O5S/c1-11-12(13(17-23-11)15(2,3)4)14(19)16-5-10-24(20,21)18-6-8-22-9-7-18/h5-10H2,1-4H3,(H,16,19). The zero-order valence-corrected chi connectivity index (χ0v) is 15.4. The van der Waals surface area contributed by atoms with Crippen molar-refractivity contribution in [2.24, 2.45) is 0 Å². The fourth-order valence-corrected chi connectivity index (χ4v) is 3.81. The summed E-state index contributed by atoms with van der Waals surface area (Å²) in [6.45, 7) is 9.03. The van der Waals surface area contributed by atoms with Gasteiger partial charge in [-0.1, -0.05) is 25.9 Å². The number of nitrogens with one attached hydrogen (secondary N) is 1. The first kappa shape index (κ1) is 18.9. The van der Waals surface area contributed by atoms with Gasteiger partial charge in [0.15, 0.2) is 0 Å². The zero-order valence-electron chi connectivity index (χ0n) is 14.6. The molecule has 0 aliphatic carbocycles. The van der Waals surface area contributed by atoms with E-state index in [2.05, 4.69) is 10.5 Å². The van der Waals surface area contributed by atoms with Crippen LogP contribution in [0.25, 0.3) is 0 Å². The molecule has 1 aliphatic rings. The number of sulfonamides is 1. The average Bonchev–Trinajstić information content (AvgIpc) is 2.90. The van der Waals surface area contributed by atoms with Gasteiger partial charge in [0.1, 0.15) is 17.0 Å². The number of carbonyl (C=O) groups is 1. The van der Waals surface area contributed by atoms with E-state index in [-0.39, 0.29) is 23.6 Å². The molecule has 1 aliphatic heterocycles. The molecule has 0 spiro atoms. The highest BCUT2D eigenvalue weighted by molar-refractivity contribution is 7.89. The number of morpholine rings is 1. The second kappa shape index (κ2) is 7.20. The molecule has 1 fully saturated rings. The Morgan fingerprint density at radius 1 is 1.29 bits per heavy atom. The van der Waals surface area contributed by atoms with Crippen LogP contribution in [0.1, 0.15) is 42.6 Å². The Morgan fingerprint density at radius 2 is 1.92 bits per heavy atom. The van der Waals surface area contributed by atoms with E-state index in [1.807, 2.05) is 20.8 Å². The van der Waals surface area contributed by atoms with Gasteiger partial charge in [-0.25, -0.2) is 8.42 Å². The van der Waals surface area contributed by atoms with Crippen molar-refractivity contribution in [1.82, 2.24) is 14.8 Å². The molecule has 0 unspecified atom stereocenters. The van der Waals surface area contributed by atoms with Crippen LogP contribution in [0.5, 0.6) is 0 Å². The first-order chi connectivity index (χ1) is 11.1. The smallest absolute Gasteiger partial charge is 0.256 e. The molecule has 9 heteroatoms. The van der Waals surface area contributed by atoms with E-state index in [0.29, 0.717) is 43.3 Å². The molecule has 1 saturated heterocycles. The zero-order chi connectivity index (χ0) is 18.0. The van der Waals surface area contributed by atoms with Gasteiger partial charge in [-0.05, 0) is 6.92 Å². The Kier molecular flexibility index (Phi) is 5.67. The summed E-state index contributed by atoms with van der Waals surface area (Å²) in [6.07, 6.45) is 0. The van der Waals surface area contributed by atoms with Gasteiger partial charge in [0, 0.05) is 25.0 Å². The number of rotatable bonds is 5. The van der Waals surface area contributed by atoms with Crippen LogP contribution in [0.2, 0.25) is 0 Å². The lowest BCUT2D eigenvalue weighted by molar-refractivity contribution is 0.0730. The van der Waals surface area contributed by atoms with Crippen LogP contribution in [-0.4, -0.2) is 62.4 Å². The fourth-order valence-electron chi connectivity index (χ4n) is 2.49. The highest BCUT2D eigenvalue weighted by Crippen LogP contribution is 2.26. The maximum absolute atomic E-state index is 12.4. The third-order valence-electron chi connectivity index (χ3n) is 3.81. The molecule has 0 bridgehead atoms. The number of aromatic nitrogens is 1. The lowest BCUT2D eigenvalue weighted by Gasteiger charge is -2.26. The molecule has 1 aromatic rings. The minimum Gasteiger partial charge on any atom is -0.379 e. The van der Waals surface area contributed by atoms with Crippen molar-refractivity contribution in [1.29, 1.82) is 0 Å². The molecule has 0 atom stereocenters. The summed E-state index contributed by atoms with van der Waals surface area (Å²) in [5.74, 6) is -0.0854. The number of nitrogens with zero attached hydrogens (tertiary/aromatic N) is 2. The van der Waals surface area contributed by atoms with Crippen LogP contribution in [-0.2, 0) is 20.2 Å². The molecule has 0 saturated carbocycles. The summed E-state index contributed by atoms with van der Waals surface area (Å²) >= 11 is 0. The van der Waals surface area contributed by atoms with E-state index in [1.54, 1.807) is 6.92 Å². The third-order valence-corrected chi connectivity index (χ3v) is 5.68. The molecule has 1 amide bonds. The summed E-state index contributed by atoms with van der Waals surface area (Å²) in [4.78, 5) is 12.4. The molecule has 1 N–H and O–H groups in total. The topological polar surface area (TPSA) is 102 Å². The molecular weight excluding hydrogens is 334 g/mol. The highest BCUT2D eigenvalue weighted by Gasteiger charge is 2.29. The quantitative estimate of drug-likeness (QED) is 0.829. The van der Waals surface area contributed by atoms with E-state index >= 15 is 0 Å². The number of ether oxygens (including phenoxy) is 1. The molecule has 2 heterocycles. The fraction of sp³-hybridized carbons (Fsp3) is 0.733. The highest BCUT2D eigenvalue weighted by atomic mass is 32.2. The minimum absolute atomic E-state index is 0.0345. The number of hydrogen-bond acceptors (Lipinski definition) is 6. The number of amides is 1. The van der Waals surface area contributed by atoms with E-state index in [0.717, 1.165) is 0 Å². The van der Waals surface area contributed by atoms with Crippen LogP contribution in [0.15, 0.2) is 4.52 Å². The first-order valence-electron chi connectivity index (χ1n) is 7.93. The predicted octanol–water partition coefficient (Wildman–Crippen LogP) is 0.672. The molecule has 0 aromatic carbocycles. The van der Waals surface area contributed by atoms with Crippen molar-refractivity contribution in [3.8, 4) is 0 Å². The van der Waals surface area contributed by atoms with Crippen molar-refractivity contribution >= 4 is 15.9 Å². The van der Waals surface area contributed by atoms with Gasteiger partial charge in [-0.3, -0.25) is 4.79 Å². The van der Waals surface area contributed by atoms with Gasteiger partial charge in [-0.15, -0.1) is 0 Å².